The third-order valence-electron chi connectivity index (χ3n) is 1.07. The van der Waals surface area contributed by atoms with Crippen LogP contribution in [0.5, 0.6) is 0 Å². The summed E-state index contributed by atoms with van der Waals surface area (Å²) >= 11 is 0. The van der Waals surface area contributed by atoms with Gasteiger partial charge in [-0.1, -0.05) is 6.92 Å². The molecule has 0 heterocycles. The van der Waals surface area contributed by atoms with Crippen LogP contribution in [0.4, 0.5) is 0 Å². The second-order valence-corrected chi connectivity index (χ2v) is 1.78. The highest BCUT2D eigenvalue weighted by Gasteiger charge is 2.29. The highest BCUT2D eigenvalue weighted by molar-refractivity contribution is 4.80. The van der Waals surface area contributed by atoms with Crippen LogP contribution < -0.4 is 6.15 Å². The minimum absolute atomic E-state index is 0. The van der Waals surface area contributed by atoms with E-state index < -0.39 is 0 Å². The first kappa shape index (κ1) is 5.92. The summed E-state index contributed by atoms with van der Waals surface area (Å²) in [7, 11) is 0. The molecule has 0 aliphatic heterocycles. The molecule has 0 saturated heterocycles. The highest BCUT2D eigenvalue weighted by atomic mass is 16.3. The molecule has 38 valence electrons. The fourth-order valence-corrected chi connectivity index (χ4v) is 0.302. The van der Waals surface area contributed by atoms with Crippen molar-refractivity contribution in [1.82, 2.24) is 6.15 Å². The first-order chi connectivity index (χ1) is 2.30. The lowest BCUT2D eigenvalue weighted by Gasteiger charge is -1.68. The zero-order valence-electron chi connectivity index (χ0n) is 4.02. The largest absolute Gasteiger partial charge is 0.393 e. The predicted octanol–water partition coefficient (Wildman–Crippen LogP) is 0.549. The van der Waals surface area contributed by atoms with Gasteiger partial charge in [-0.25, -0.2) is 0 Å². The Morgan fingerprint density at radius 3 is 1.83 bits per heavy atom. The van der Waals surface area contributed by atoms with Crippen molar-refractivity contribution in [2.75, 3.05) is 0 Å². The van der Waals surface area contributed by atoms with Gasteiger partial charge in [0.15, 0.2) is 0 Å². The topological polar surface area (TPSA) is 55.2 Å². The molecule has 0 spiro atoms. The lowest BCUT2D eigenvalue weighted by Crippen LogP contribution is -1.74. The fraction of sp³-hybridized carbons (Fsp3) is 1.00. The molecule has 6 heavy (non-hydrogen) atoms. The zero-order valence-corrected chi connectivity index (χ0v) is 4.02. The average molecular weight is 89.1 g/mol. The van der Waals surface area contributed by atoms with Crippen molar-refractivity contribution in [1.29, 1.82) is 0 Å². The normalized spacial score (nSPS) is 41.0. The summed E-state index contributed by atoms with van der Waals surface area (Å²) in [5.41, 5.74) is 0. The summed E-state index contributed by atoms with van der Waals surface area (Å²) < 4.78 is 0. The predicted molar refractivity (Wildman–Crippen MR) is 24.8 cm³/mol. The van der Waals surface area contributed by atoms with Crippen molar-refractivity contribution in [2.45, 2.75) is 19.4 Å². The lowest BCUT2D eigenvalue weighted by atomic mass is 10.5. The molecule has 4 N–H and O–H groups in total. The average Bonchev–Trinajstić information content (AvgIpc) is 1.79. The second-order valence-electron chi connectivity index (χ2n) is 1.78. The van der Waals surface area contributed by atoms with E-state index in [0.29, 0.717) is 5.92 Å². The maximum atomic E-state index is 8.44. The molecule has 2 atom stereocenters. The quantitative estimate of drug-likeness (QED) is 0.455. The number of hydrogen-bond acceptors (Lipinski definition) is 2. The molecule has 1 aliphatic carbocycles. The van der Waals surface area contributed by atoms with Crippen molar-refractivity contribution in [3.63, 3.8) is 0 Å². The van der Waals surface area contributed by atoms with Crippen LogP contribution in [0.25, 0.3) is 0 Å². The third kappa shape index (κ3) is 0.954. The van der Waals surface area contributed by atoms with Crippen LogP contribution in [0.15, 0.2) is 0 Å². The third-order valence-corrected chi connectivity index (χ3v) is 1.07. The van der Waals surface area contributed by atoms with Crippen molar-refractivity contribution in [3.05, 3.63) is 0 Å². The maximum absolute atomic E-state index is 8.44. The Bertz CT molecular complexity index is 40.8. The van der Waals surface area contributed by atoms with Crippen LogP contribution in [0.3, 0.4) is 0 Å². The van der Waals surface area contributed by atoms with Gasteiger partial charge in [-0.15, -0.1) is 0 Å². The molecule has 1 saturated carbocycles. The molecule has 0 aromatic rings. The van der Waals surface area contributed by atoms with Crippen LogP contribution in [0.2, 0.25) is 0 Å². The Balaban J connectivity index is 0.000000250. The fourth-order valence-electron chi connectivity index (χ4n) is 0.302. The van der Waals surface area contributed by atoms with E-state index in [9.17, 15) is 0 Å². The van der Waals surface area contributed by atoms with Gasteiger partial charge < -0.3 is 11.3 Å². The van der Waals surface area contributed by atoms with Crippen molar-refractivity contribution in [3.8, 4) is 0 Å². The molecule has 2 nitrogen and oxygen atoms in total. The molecule has 1 aliphatic rings. The summed E-state index contributed by atoms with van der Waals surface area (Å²) in [6.45, 7) is 2.05. The Labute approximate surface area is 37.8 Å². The molecule has 0 amide bonds. The Morgan fingerprint density at radius 1 is 1.67 bits per heavy atom. The molecule has 0 radical (unpaired) electrons. The lowest BCUT2D eigenvalue weighted by molar-refractivity contribution is 0.263. The molecule has 2 unspecified atom stereocenters. The number of hydrogen-bond donors (Lipinski definition) is 2. The molecule has 0 aromatic carbocycles. The van der Waals surface area contributed by atoms with Crippen molar-refractivity contribution < 1.29 is 5.11 Å². The van der Waals surface area contributed by atoms with Crippen LogP contribution in [0, 0.1) is 5.92 Å². The summed E-state index contributed by atoms with van der Waals surface area (Å²) in [6.07, 6.45) is 1.08. The van der Waals surface area contributed by atoms with Gasteiger partial charge in [0.05, 0.1) is 6.10 Å². The van der Waals surface area contributed by atoms with Gasteiger partial charge in [0.1, 0.15) is 0 Å². The highest BCUT2D eigenvalue weighted by Crippen LogP contribution is 2.27. The Hall–Kier alpha value is -0.0800. The van der Waals surface area contributed by atoms with E-state index in [-0.39, 0.29) is 12.3 Å². The molecule has 2 heteroatoms. The van der Waals surface area contributed by atoms with E-state index in [2.05, 4.69) is 0 Å². The summed E-state index contributed by atoms with van der Waals surface area (Å²) in [5.74, 6) is 0.606. The molecular weight excluding hydrogens is 78.0 g/mol. The maximum Gasteiger partial charge on any atom is 0.0570 e. The Morgan fingerprint density at radius 2 is 1.83 bits per heavy atom. The van der Waals surface area contributed by atoms with Crippen LogP contribution in [0.1, 0.15) is 13.3 Å². The number of aliphatic hydroxyl groups is 1. The minimum atomic E-state index is 0. The van der Waals surface area contributed by atoms with Crippen molar-refractivity contribution in [2.24, 2.45) is 5.92 Å². The number of aliphatic hydroxyl groups excluding tert-OH is 1. The summed E-state index contributed by atoms with van der Waals surface area (Å²) in [4.78, 5) is 0. The van der Waals surface area contributed by atoms with Crippen LogP contribution >= 0.6 is 0 Å². The standard InChI is InChI=1S/C4H8O.H3N/c1-3-2-4(3)5;/h3-5H,2H2,1H3;1H3. The van der Waals surface area contributed by atoms with Crippen molar-refractivity contribution >= 4 is 0 Å². The van der Waals surface area contributed by atoms with Crippen LogP contribution in [-0.4, -0.2) is 11.2 Å². The van der Waals surface area contributed by atoms with E-state index in [1.807, 2.05) is 6.92 Å². The minimum Gasteiger partial charge on any atom is -0.393 e. The molecule has 1 fully saturated rings. The molecule has 1 rings (SSSR count). The first-order valence-corrected chi connectivity index (χ1v) is 1.99. The van der Waals surface area contributed by atoms with Gasteiger partial charge in [0.25, 0.3) is 0 Å². The van der Waals surface area contributed by atoms with Gasteiger partial charge >= 0.3 is 0 Å². The van der Waals surface area contributed by atoms with E-state index in [1.54, 1.807) is 0 Å². The van der Waals surface area contributed by atoms with E-state index in [1.165, 1.54) is 0 Å². The second kappa shape index (κ2) is 1.58. The molecular formula is C4H11NO. The monoisotopic (exact) mass is 89.1 g/mol. The SMILES string of the molecule is CC1CC1O.N. The van der Waals surface area contributed by atoms with Crippen LogP contribution in [-0.2, 0) is 0 Å². The van der Waals surface area contributed by atoms with Gasteiger partial charge in [-0.2, -0.15) is 0 Å². The number of rotatable bonds is 0. The zero-order chi connectivity index (χ0) is 3.86. The molecule has 0 aromatic heterocycles. The van der Waals surface area contributed by atoms with Gasteiger partial charge in [-0.05, 0) is 12.3 Å². The van der Waals surface area contributed by atoms with E-state index >= 15 is 0 Å². The summed E-state index contributed by atoms with van der Waals surface area (Å²) in [5, 5.41) is 8.44. The molecule has 0 bridgehead atoms. The smallest absolute Gasteiger partial charge is 0.0570 e. The first-order valence-electron chi connectivity index (χ1n) is 1.99. The van der Waals surface area contributed by atoms with E-state index in [4.69, 9.17) is 5.11 Å². The van der Waals surface area contributed by atoms with Gasteiger partial charge in [-0.3, -0.25) is 0 Å². The Kier molecular flexibility index (Phi) is 1.56. The van der Waals surface area contributed by atoms with Gasteiger partial charge in [0.2, 0.25) is 0 Å². The van der Waals surface area contributed by atoms with Gasteiger partial charge in [0, 0.05) is 0 Å². The van der Waals surface area contributed by atoms with E-state index in [0.717, 1.165) is 6.42 Å². The summed E-state index contributed by atoms with van der Waals surface area (Å²) in [6, 6.07) is 0.